The molecular formula is C25H26FN3O3. The first-order valence-corrected chi connectivity index (χ1v) is 10.8. The quantitative estimate of drug-likeness (QED) is 0.610. The van der Waals surface area contributed by atoms with E-state index in [2.05, 4.69) is 10.3 Å². The highest BCUT2D eigenvalue weighted by molar-refractivity contribution is 5.93. The lowest BCUT2D eigenvalue weighted by Gasteiger charge is -2.25. The first kappa shape index (κ1) is 21.7. The summed E-state index contributed by atoms with van der Waals surface area (Å²) in [5, 5.41) is 2.61. The molecule has 7 heteroatoms. The molecule has 6 nitrogen and oxygen atoms in total. The lowest BCUT2D eigenvalue weighted by atomic mass is 10.1. The maximum atomic E-state index is 14.3. The highest BCUT2D eigenvalue weighted by Gasteiger charge is 2.33. The third-order valence-corrected chi connectivity index (χ3v) is 5.90. The molecule has 1 aliphatic rings. The maximum Gasteiger partial charge on any atom is 0.276 e. The van der Waals surface area contributed by atoms with Crippen LogP contribution < -0.4 is 5.32 Å². The third-order valence-electron chi connectivity index (χ3n) is 5.90. The lowest BCUT2D eigenvalue weighted by molar-refractivity contribution is -0.126. The zero-order chi connectivity index (χ0) is 22.7. The molecule has 0 radical (unpaired) electrons. The number of halogens is 1. The van der Waals surface area contributed by atoms with Crippen molar-refractivity contribution >= 4 is 11.8 Å². The van der Waals surface area contributed by atoms with Crippen LogP contribution in [0.5, 0.6) is 0 Å². The van der Waals surface area contributed by atoms with Gasteiger partial charge in [0.25, 0.3) is 11.8 Å². The number of hydrogen-bond donors (Lipinski definition) is 1. The minimum Gasteiger partial charge on any atom is -0.444 e. The summed E-state index contributed by atoms with van der Waals surface area (Å²) in [6.45, 7) is 4.29. The van der Waals surface area contributed by atoms with Crippen LogP contribution >= 0.6 is 0 Å². The second kappa shape index (κ2) is 9.34. The molecule has 1 aromatic heterocycles. The van der Waals surface area contributed by atoms with Gasteiger partial charge in [-0.05, 0) is 49.9 Å². The van der Waals surface area contributed by atoms with Crippen molar-refractivity contribution in [1.29, 1.82) is 0 Å². The van der Waals surface area contributed by atoms with Gasteiger partial charge in [-0.2, -0.15) is 0 Å². The van der Waals surface area contributed by atoms with E-state index in [9.17, 15) is 14.0 Å². The summed E-state index contributed by atoms with van der Waals surface area (Å²) in [7, 11) is 0. The van der Waals surface area contributed by atoms with E-state index in [4.69, 9.17) is 4.42 Å². The standard InChI is InChI=1S/C25H26FN3O3/c1-16-8-9-17(2)29(16)25(31)21-15-32-24(28-21)20-12-10-18(11-13-20)14-27-23(30)22(26)19-6-4-3-5-7-19/h3-7,10-13,15-17,22H,8-9,14H2,1-2H3,(H,27,30). The minimum atomic E-state index is -1.71. The predicted octanol–water partition coefficient (Wildman–Crippen LogP) is 4.68. The zero-order valence-corrected chi connectivity index (χ0v) is 18.1. The van der Waals surface area contributed by atoms with E-state index < -0.39 is 12.1 Å². The molecule has 4 rings (SSSR count). The van der Waals surface area contributed by atoms with Gasteiger partial charge in [0.2, 0.25) is 12.1 Å². The van der Waals surface area contributed by atoms with E-state index in [1.807, 2.05) is 30.9 Å². The molecule has 0 spiro atoms. The average Bonchev–Trinajstić information content (AvgIpc) is 3.44. The number of aromatic nitrogens is 1. The second-order valence-corrected chi connectivity index (χ2v) is 8.21. The molecule has 2 heterocycles. The Labute approximate surface area is 186 Å². The largest absolute Gasteiger partial charge is 0.444 e. The summed E-state index contributed by atoms with van der Waals surface area (Å²) in [5.74, 6) is -0.436. The molecule has 3 atom stereocenters. The molecular weight excluding hydrogens is 409 g/mol. The molecule has 166 valence electrons. The lowest BCUT2D eigenvalue weighted by Crippen LogP contribution is -2.38. The Morgan fingerprint density at radius 3 is 2.41 bits per heavy atom. The number of benzene rings is 2. The Morgan fingerprint density at radius 2 is 1.75 bits per heavy atom. The Balaban J connectivity index is 1.37. The fourth-order valence-electron chi connectivity index (χ4n) is 4.05. The van der Waals surface area contributed by atoms with E-state index in [0.717, 1.165) is 18.4 Å². The van der Waals surface area contributed by atoms with Crippen LogP contribution in [0.25, 0.3) is 11.5 Å². The molecule has 1 fully saturated rings. The fraction of sp³-hybridized carbons (Fsp3) is 0.320. The van der Waals surface area contributed by atoms with Crippen molar-refractivity contribution in [1.82, 2.24) is 15.2 Å². The Bertz CT molecular complexity index is 1070. The molecule has 2 amide bonds. The first-order valence-electron chi connectivity index (χ1n) is 10.8. The van der Waals surface area contributed by atoms with Crippen molar-refractivity contribution in [3.8, 4) is 11.5 Å². The molecule has 1 N–H and O–H groups in total. The molecule has 0 bridgehead atoms. The van der Waals surface area contributed by atoms with Gasteiger partial charge in [-0.25, -0.2) is 9.37 Å². The van der Waals surface area contributed by atoms with Gasteiger partial charge < -0.3 is 14.6 Å². The molecule has 1 aliphatic heterocycles. The highest BCUT2D eigenvalue weighted by Crippen LogP contribution is 2.27. The van der Waals surface area contributed by atoms with Gasteiger partial charge in [0.15, 0.2) is 5.69 Å². The summed E-state index contributed by atoms with van der Waals surface area (Å²) >= 11 is 0. The number of nitrogens with zero attached hydrogens (tertiary/aromatic N) is 2. The highest BCUT2D eigenvalue weighted by atomic mass is 19.1. The van der Waals surface area contributed by atoms with Gasteiger partial charge in [0, 0.05) is 24.2 Å². The molecule has 32 heavy (non-hydrogen) atoms. The van der Waals surface area contributed by atoms with Crippen molar-refractivity contribution in [2.45, 2.75) is 51.5 Å². The smallest absolute Gasteiger partial charge is 0.276 e. The van der Waals surface area contributed by atoms with E-state index in [-0.39, 0.29) is 24.5 Å². The van der Waals surface area contributed by atoms with Gasteiger partial charge in [-0.1, -0.05) is 42.5 Å². The number of hydrogen-bond acceptors (Lipinski definition) is 4. The fourth-order valence-corrected chi connectivity index (χ4v) is 4.05. The number of carbonyl (C=O) groups excluding carboxylic acids is 2. The summed E-state index contributed by atoms with van der Waals surface area (Å²) in [6.07, 6.45) is 1.67. The predicted molar refractivity (Wildman–Crippen MR) is 118 cm³/mol. The molecule has 1 saturated heterocycles. The van der Waals surface area contributed by atoms with Crippen molar-refractivity contribution < 1.29 is 18.4 Å². The normalized spacial score (nSPS) is 19.0. The summed E-state index contributed by atoms with van der Waals surface area (Å²) in [6, 6.07) is 15.9. The number of oxazole rings is 1. The number of carbonyl (C=O) groups is 2. The van der Waals surface area contributed by atoms with E-state index in [1.54, 1.807) is 42.5 Å². The van der Waals surface area contributed by atoms with E-state index >= 15 is 0 Å². The van der Waals surface area contributed by atoms with Gasteiger partial charge in [-0.3, -0.25) is 9.59 Å². The van der Waals surface area contributed by atoms with Crippen LogP contribution in [0.3, 0.4) is 0 Å². The monoisotopic (exact) mass is 435 g/mol. The van der Waals surface area contributed by atoms with Crippen LogP contribution in [0.1, 0.15) is 54.5 Å². The summed E-state index contributed by atoms with van der Waals surface area (Å²) in [5.41, 5.74) is 2.15. The summed E-state index contributed by atoms with van der Waals surface area (Å²) in [4.78, 5) is 31.1. The molecule has 3 aromatic rings. The Kier molecular flexibility index (Phi) is 6.35. The first-order chi connectivity index (χ1) is 15.4. The van der Waals surface area contributed by atoms with E-state index in [1.165, 1.54) is 6.26 Å². The van der Waals surface area contributed by atoms with Crippen LogP contribution in [0.15, 0.2) is 65.3 Å². The van der Waals surface area contributed by atoms with Gasteiger partial charge in [0.05, 0.1) is 0 Å². The number of alkyl halides is 1. The van der Waals surface area contributed by atoms with Crippen LogP contribution in [-0.2, 0) is 11.3 Å². The Morgan fingerprint density at radius 1 is 1.09 bits per heavy atom. The topological polar surface area (TPSA) is 75.4 Å². The second-order valence-electron chi connectivity index (χ2n) is 8.21. The van der Waals surface area contributed by atoms with Crippen molar-refractivity contribution in [3.05, 3.63) is 77.7 Å². The van der Waals surface area contributed by atoms with Gasteiger partial charge >= 0.3 is 0 Å². The Hall–Kier alpha value is -3.48. The molecule has 0 saturated carbocycles. The van der Waals surface area contributed by atoms with Crippen LogP contribution in [0, 0.1) is 0 Å². The van der Waals surface area contributed by atoms with Crippen LogP contribution in [0.2, 0.25) is 0 Å². The van der Waals surface area contributed by atoms with Gasteiger partial charge in [0.1, 0.15) is 6.26 Å². The third kappa shape index (κ3) is 4.56. The maximum absolute atomic E-state index is 14.3. The number of nitrogens with one attached hydrogen (secondary N) is 1. The van der Waals surface area contributed by atoms with Crippen molar-refractivity contribution in [2.75, 3.05) is 0 Å². The minimum absolute atomic E-state index is 0.115. The number of amides is 2. The number of rotatable bonds is 6. The van der Waals surface area contributed by atoms with Crippen LogP contribution in [-0.4, -0.2) is 33.8 Å². The van der Waals surface area contributed by atoms with E-state index in [0.29, 0.717) is 22.7 Å². The average molecular weight is 435 g/mol. The molecule has 3 unspecified atom stereocenters. The van der Waals surface area contributed by atoms with Crippen molar-refractivity contribution in [3.63, 3.8) is 0 Å². The van der Waals surface area contributed by atoms with Crippen molar-refractivity contribution in [2.24, 2.45) is 0 Å². The number of likely N-dealkylation sites (tertiary alicyclic amines) is 1. The molecule has 0 aliphatic carbocycles. The summed E-state index contributed by atoms with van der Waals surface area (Å²) < 4.78 is 19.8. The molecule has 2 aromatic carbocycles. The van der Waals surface area contributed by atoms with Gasteiger partial charge in [-0.15, -0.1) is 0 Å². The zero-order valence-electron chi connectivity index (χ0n) is 18.1. The SMILES string of the molecule is CC1CCC(C)N1C(=O)c1coc(-c2ccc(CNC(=O)C(F)c3ccccc3)cc2)n1. The van der Waals surface area contributed by atoms with Crippen LogP contribution in [0.4, 0.5) is 4.39 Å².